The second-order valence-corrected chi connectivity index (χ2v) is 8.52. The fraction of sp³-hybridized carbons (Fsp3) is 0.360. The summed E-state index contributed by atoms with van der Waals surface area (Å²) in [6.45, 7) is 8.03. The number of amides is 1. The predicted molar refractivity (Wildman–Crippen MR) is 128 cm³/mol. The number of benzene rings is 1. The second-order valence-electron chi connectivity index (χ2n) is 8.52. The van der Waals surface area contributed by atoms with Gasteiger partial charge in [0.2, 0.25) is 0 Å². The highest BCUT2D eigenvalue weighted by Crippen LogP contribution is 2.32. The summed E-state index contributed by atoms with van der Waals surface area (Å²) in [5.74, 6) is -0.679. The normalized spacial score (nSPS) is 14.9. The summed E-state index contributed by atoms with van der Waals surface area (Å²) >= 11 is 0. The van der Waals surface area contributed by atoms with Gasteiger partial charge in [-0.2, -0.15) is 0 Å². The van der Waals surface area contributed by atoms with Crippen molar-refractivity contribution in [1.29, 1.82) is 0 Å². The molecule has 0 spiro atoms. The zero-order valence-electron chi connectivity index (χ0n) is 19.2. The third-order valence-corrected chi connectivity index (χ3v) is 5.30. The molecule has 6 nitrogen and oxygen atoms in total. The third kappa shape index (κ3) is 6.38. The van der Waals surface area contributed by atoms with Gasteiger partial charge in [0.15, 0.2) is 0 Å². The van der Waals surface area contributed by atoms with Crippen molar-refractivity contribution in [2.75, 3.05) is 26.7 Å². The molecular weight excluding hydrogens is 424 g/mol. The molecule has 0 atom stereocenters. The molecule has 2 aromatic rings. The Morgan fingerprint density at radius 1 is 1.33 bits per heavy atom. The Labute approximate surface area is 193 Å². The number of hydrogen-bond donors (Lipinski definition) is 1. The number of alkyl halides is 1. The van der Waals surface area contributed by atoms with Gasteiger partial charge in [0.25, 0.3) is 5.91 Å². The molecule has 8 heteroatoms. The van der Waals surface area contributed by atoms with Crippen LogP contribution in [0.25, 0.3) is 11.1 Å². The predicted octanol–water partition coefficient (Wildman–Crippen LogP) is 4.01. The van der Waals surface area contributed by atoms with Crippen LogP contribution in [0.3, 0.4) is 0 Å². The summed E-state index contributed by atoms with van der Waals surface area (Å²) in [5.41, 5.74) is 2.26. The Bertz CT molecular complexity index is 1090. The Hall–Kier alpha value is -3.26. The lowest BCUT2D eigenvalue weighted by Crippen LogP contribution is -2.36. The molecule has 0 unspecified atom stereocenters. The number of fused-ring (bicyclic) bond motifs is 1. The number of nitrogens with zero attached hydrogens (tertiary/aromatic N) is 4. The van der Waals surface area contributed by atoms with Crippen LogP contribution in [0.2, 0.25) is 0 Å². The van der Waals surface area contributed by atoms with Crippen molar-refractivity contribution in [1.82, 2.24) is 15.2 Å². The van der Waals surface area contributed by atoms with Crippen molar-refractivity contribution in [3.8, 4) is 11.1 Å². The first-order valence-electron chi connectivity index (χ1n) is 10.8. The summed E-state index contributed by atoms with van der Waals surface area (Å²) in [4.78, 5) is 27.2. The van der Waals surface area contributed by atoms with Crippen molar-refractivity contribution in [3.63, 3.8) is 0 Å². The minimum atomic E-state index is -1.42. The monoisotopic (exact) mass is 453 g/mol. The second kappa shape index (κ2) is 10.6. The SMILES string of the molecule is C=N/C=C\C(CN1CCc2c(-c3ccccc3F)cc(C(=O)NC)nc2C1)=NCC(C)(C)F. The fourth-order valence-electron chi connectivity index (χ4n) is 3.71. The zero-order chi connectivity index (χ0) is 24.0. The smallest absolute Gasteiger partial charge is 0.269 e. The molecule has 1 aromatic heterocycles. The lowest BCUT2D eigenvalue weighted by molar-refractivity contribution is 0.0957. The molecule has 1 aliphatic rings. The zero-order valence-corrected chi connectivity index (χ0v) is 19.2. The number of aromatic nitrogens is 1. The molecular formula is C25H29F2N5O. The van der Waals surface area contributed by atoms with Gasteiger partial charge < -0.3 is 5.32 Å². The largest absolute Gasteiger partial charge is 0.354 e. The Morgan fingerprint density at radius 3 is 2.76 bits per heavy atom. The Balaban J connectivity index is 1.95. The summed E-state index contributed by atoms with van der Waals surface area (Å²) < 4.78 is 28.6. The highest BCUT2D eigenvalue weighted by atomic mass is 19.1. The molecule has 2 heterocycles. The van der Waals surface area contributed by atoms with E-state index >= 15 is 0 Å². The van der Waals surface area contributed by atoms with Gasteiger partial charge in [-0.15, -0.1) is 0 Å². The van der Waals surface area contributed by atoms with Crippen LogP contribution in [0.5, 0.6) is 0 Å². The van der Waals surface area contributed by atoms with Crippen LogP contribution in [-0.4, -0.2) is 60.6 Å². The number of aliphatic imine (C=N–C) groups is 2. The minimum absolute atomic E-state index is 0.0325. The van der Waals surface area contributed by atoms with Crippen molar-refractivity contribution in [2.45, 2.75) is 32.5 Å². The first-order valence-corrected chi connectivity index (χ1v) is 10.8. The summed E-state index contributed by atoms with van der Waals surface area (Å²) in [6.07, 6.45) is 3.87. The molecule has 0 bridgehead atoms. The van der Waals surface area contributed by atoms with E-state index in [-0.39, 0.29) is 24.0 Å². The van der Waals surface area contributed by atoms with E-state index in [1.54, 1.807) is 30.3 Å². The van der Waals surface area contributed by atoms with Gasteiger partial charge in [0.05, 0.1) is 18.0 Å². The first-order chi connectivity index (χ1) is 15.7. The highest BCUT2D eigenvalue weighted by Gasteiger charge is 2.25. The van der Waals surface area contributed by atoms with Crippen LogP contribution in [-0.2, 0) is 13.0 Å². The number of carbonyl (C=O) groups is 1. The van der Waals surface area contributed by atoms with E-state index in [1.807, 2.05) is 0 Å². The maximum atomic E-state index is 14.6. The first kappa shape index (κ1) is 24.4. The van der Waals surface area contributed by atoms with Crippen molar-refractivity contribution in [3.05, 3.63) is 65.4 Å². The fourth-order valence-corrected chi connectivity index (χ4v) is 3.71. The van der Waals surface area contributed by atoms with Crippen LogP contribution < -0.4 is 5.32 Å². The summed E-state index contributed by atoms with van der Waals surface area (Å²) in [5, 5.41) is 2.59. The van der Waals surface area contributed by atoms with Gasteiger partial charge in [0.1, 0.15) is 17.2 Å². The van der Waals surface area contributed by atoms with Gasteiger partial charge in [-0.05, 0) is 56.3 Å². The number of halogens is 2. The topological polar surface area (TPSA) is 70.0 Å². The number of rotatable bonds is 8. The van der Waals surface area contributed by atoms with Gasteiger partial charge in [-0.25, -0.2) is 13.8 Å². The standard InChI is InChI=1S/C25H29F2N5O/c1-25(2,27)16-30-17(9-11-28-3)14-32-12-10-19-20(18-7-5-6-8-21(18)26)13-22(24(33)29-4)31-23(19)15-32/h5-9,11,13H,3,10,12,14-16H2,1-2,4H3,(H,29,33)/b11-9-,30-17?. The molecule has 33 heavy (non-hydrogen) atoms. The van der Waals surface area contributed by atoms with E-state index in [4.69, 9.17) is 0 Å². The molecule has 1 N–H and O–H groups in total. The Kier molecular flexibility index (Phi) is 7.81. The molecule has 1 aromatic carbocycles. The molecule has 1 amide bonds. The van der Waals surface area contributed by atoms with E-state index in [9.17, 15) is 13.6 Å². The third-order valence-electron chi connectivity index (χ3n) is 5.30. The van der Waals surface area contributed by atoms with E-state index in [0.717, 1.165) is 11.3 Å². The molecule has 0 fully saturated rings. The van der Waals surface area contributed by atoms with Crippen molar-refractivity contribution >= 4 is 18.3 Å². The van der Waals surface area contributed by atoms with Crippen LogP contribution in [0.4, 0.5) is 8.78 Å². The van der Waals surface area contributed by atoms with Gasteiger partial charge in [-0.1, -0.05) is 18.2 Å². The van der Waals surface area contributed by atoms with Crippen molar-refractivity contribution < 1.29 is 13.6 Å². The lowest BCUT2D eigenvalue weighted by Gasteiger charge is -2.30. The number of hydrogen-bond acceptors (Lipinski definition) is 5. The molecule has 0 radical (unpaired) electrons. The van der Waals surface area contributed by atoms with Crippen molar-refractivity contribution in [2.24, 2.45) is 9.98 Å². The molecule has 3 rings (SSSR count). The number of nitrogens with one attached hydrogen (secondary N) is 1. The van der Waals surface area contributed by atoms with Crippen LogP contribution in [0.1, 0.15) is 35.6 Å². The Morgan fingerprint density at radius 2 is 2.09 bits per heavy atom. The van der Waals surface area contributed by atoms with E-state index in [1.165, 1.54) is 33.2 Å². The molecule has 174 valence electrons. The van der Waals surface area contributed by atoms with Gasteiger partial charge in [0, 0.05) is 38.4 Å². The molecule has 1 aliphatic heterocycles. The highest BCUT2D eigenvalue weighted by molar-refractivity contribution is 5.97. The summed E-state index contributed by atoms with van der Waals surface area (Å²) in [6, 6.07) is 8.18. The van der Waals surface area contributed by atoms with E-state index in [0.29, 0.717) is 42.9 Å². The lowest BCUT2D eigenvalue weighted by atomic mass is 9.92. The number of carbonyl (C=O) groups excluding carboxylic acids is 1. The molecule has 0 saturated carbocycles. The average molecular weight is 454 g/mol. The maximum Gasteiger partial charge on any atom is 0.269 e. The average Bonchev–Trinajstić information content (AvgIpc) is 2.79. The minimum Gasteiger partial charge on any atom is -0.354 e. The number of pyridine rings is 1. The van der Waals surface area contributed by atoms with Crippen LogP contribution in [0, 0.1) is 5.82 Å². The van der Waals surface area contributed by atoms with E-state index < -0.39 is 5.67 Å². The maximum absolute atomic E-state index is 14.6. The van der Waals surface area contributed by atoms with E-state index in [2.05, 4.69) is 31.9 Å². The van der Waals surface area contributed by atoms with Crippen LogP contribution >= 0.6 is 0 Å². The quantitative estimate of drug-likeness (QED) is 0.614. The summed E-state index contributed by atoms with van der Waals surface area (Å²) in [7, 11) is 1.54. The van der Waals surface area contributed by atoms with Crippen LogP contribution in [0.15, 0.2) is 52.6 Å². The molecule has 0 saturated heterocycles. The molecule has 0 aliphatic carbocycles. The van der Waals surface area contributed by atoms with Gasteiger partial charge in [-0.3, -0.25) is 19.7 Å². The van der Waals surface area contributed by atoms with Gasteiger partial charge >= 0.3 is 0 Å².